The van der Waals surface area contributed by atoms with Crippen molar-refractivity contribution >= 4 is 5.69 Å². The quantitative estimate of drug-likeness (QED) is 0.876. The summed E-state index contributed by atoms with van der Waals surface area (Å²) in [6, 6.07) is 7.16. The van der Waals surface area contributed by atoms with E-state index >= 15 is 0 Å². The van der Waals surface area contributed by atoms with E-state index in [1.165, 1.54) is 6.07 Å². The van der Waals surface area contributed by atoms with Crippen LogP contribution in [0.15, 0.2) is 30.5 Å². The molecule has 108 valence electrons. The van der Waals surface area contributed by atoms with Gasteiger partial charge in [-0.3, -0.25) is 4.68 Å². The first-order chi connectivity index (χ1) is 9.60. The van der Waals surface area contributed by atoms with Crippen molar-refractivity contribution in [3.05, 3.63) is 42.0 Å². The first kappa shape index (κ1) is 14.4. The van der Waals surface area contributed by atoms with Gasteiger partial charge in [0.1, 0.15) is 0 Å². The van der Waals surface area contributed by atoms with Crippen LogP contribution in [0.3, 0.4) is 0 Å². The average Bonchev–Trinajstić information content (AvgIpc) is 2.88. The maximum Gasteiger partial charge on any atom is 0.167 e. The minimum Gasteiger partial charge on any atom is -0.491 e. The molecule has 1 aromatic carbocycles. The molecule has 1 N–H and O–H groups in total. The lowest BCUT2D eigenvalue weighted by molar-refractivity contribution is 0.321. The molecular weight excluding hydrogens is 257 g/mol. The number of hydrogen-bond donors (Lipinski definition) is 1. The molecule has 0 spiro atoms. The zero-order valence-corrected chi connectivity index (χ0v) is 12.1. The smallest absolute Gasteiger partial charge is 0.167 e. The van der Waals surface area contributed by atoms with E-state index in [0.29, 0.717) is 24.9 Å². The Morgan fingerprint density at radius 3 is 2.75 bits per heavy atom. The minimum absolute atomic E-state index is 0.280. The Bertz CT molecular complexity index is 566. The van der Waals surface area contributed by atoms with E-state index in [-0.39, 0.29) is 11.6 Å². The Kier molecular flexibility index (Phi) is 4.61. The summed E-state index contributed by atoms with van der Waals surface area (Å²) in [6.07, 6.45) is 1.94. The van der Waals surface area contributed by atoms with Gasteiger partial charge in [-0.1, -0.05) is 0 Å². The minimum atomic E-state index is -0.357. The molecule has 0 amide bonds. The molecular formula is C15H20FN3O. The van der Waals surface area contributed by atoms with Crippen molar-refractivity contribution in [3.8, 4) is 5.75 Å². The zero-order valence-electron chi connectivity index (χ0n) is 12.1. The van der Waals surface area contributed by atoms with Crippen LogP contribution >= 0.6 is 0 Å². The number of anilines is 1. The number of nitrogens with zero attached hydrogens (tertiary/aromatic N) is 2. The standard InChI is InChI=1S/C15H20FN3O/c1-4-20-15-6-5-12(9-14(15)16)17-10-13-7-8-19(18-13)11(2)3/h5-9,11,17H,4,10H2,1-3H3. The van der Waals surface area contributed by atoms with E-state index in [1.54, 1.807) is 12.1 Å². The summed E-state index contributed by atoms with van der Waals surface area (Å²) in [4.78, 5) is 0. The van der Waals surface area contributed by atoms with Crippen LogP contribution in [0.1, 0.15) is 32.5 Å². The summed E-state index contributed by atoms with van der Waals surface area (Å²) in [6.45, 7) is 7.00. The predicted octanol–water partition coefficient (Wildman–Crippen LogP) is 3.61. The first-order valence-electron chi connectivity index (χ1n) is 6.80. The van der Waals surface area contributed by atoms with Gasteiger partial charge in [-0.15, -0.1) is 0 Å². The molecule has 4 nitrogen and oxygen atoms in total. The van der Waals surface area contributed by atoms with Crippen LogP contribution in [0.2, 0.25) is 0 Å². The van der Waals surface area contributed by atoms with Gasteiger partial charge in [0.25, 0.3) is 0 Å². The number of nitrogens with one attached hydrogen (secondary N) is 1. The Hall–Kier alpha value is -2.04. The fourth-order valence-electron chi connectivity index (χ4n) is 1.84. The van der Waals surface area contributed by atoms with Crippen LogP contribution in [0, 0.1) is 5.82 Å². The van der Waals surface area contributed by atoms with Gasteiger partial charge in [-0.25, -0.2) is 4.39 Å². The molecule has 0 unspecified atom stereocenters. The number of halogens is 1. The second-order valence-electron chi connectivity index (χ2n) is 4.81. The topological polar surface area (TPSA) is 39.1 Å². The Labute approximate surface area is 118 Å². The lowest BCUT2D eigenvalue weighted by Crippen LogP contribution is -2.05. The molecule has 1 aromatic heterocycles. The van der Waals surface area contributed by atoms with Crippen LogP contribution in [0.25, 0.3) is 0 Å². The van der Waals surface area contributed by atoms with E-state index < -0.39 is 0 Å². The van der Waals surface area contributed by atoms with Crippen molar-refractivity contribution < 1.29 is 9.13 Å². The Balaban J connectivity index is 1.98. The Morgan fingerprint density at radius 2 is 2.15 bits per heavy atom. The van der Waals surface area contributed by atoms with Gasteiger partial charge in [0.05, 0.1) is 18.8 Å². The largest absolute Gasteiger partial charge is 0.491 e. The molecule has 0 atom stereocenters. The Morgan fingerprint density at radius 1 is 1.35 bits per heavy atom. The zero-order chi connectivity index (χ0) is 14.5. The van der Waals surface area contributed by atoms with E-state index in [4.69, 9.17) is 4.74 Å². The van der Waals surface area contributed by atoms with Crippen LogP contribution in [0.4, 0.5) is 10.1 Å². The summed E-state index contributed by atoms with van der Waals surface area (Å²) in [5, 5.41) is 7.58. The highest BCUT2D eigenvalue weighted by molar-refractivity contribution is 5.47. The van der Waals surface area contributed by atoms with Gasteiger partial charge in [0, 0.05) is 24.0 Å². The van der Waals surface area contributed by atoms with Crippen molar-refractivity contribution in [2.24, 2.45) is 0 Å². The normalized spacial score (nSPS) is 10.8. The summed E-state index contributed by atoms with van der Waals surface area (Å²) < 4.78 is 20.8. The van der Waals surface area contributed by atoms with Gasteiger partial charge >= 0.3 is 0 Å². The molecule has 5 heteroatoms. The second-order valence-corrected chi connectivity index (χ2v) is 4.81. The second kappa shape index (κ2) is 6.41. The van der Waals surface area contributed by atoms with Crippen molar-refractivity contribution in [1.82, 2.24) is 9.78 Å². The number of ether oxygens (including phenoxy) is 1. The van der Waals surface area contributed by atoms with E-state index in [1.807, 2.05) is 23.9 Å². The number of hydrogen-bond acceptors (Lipinski definition) is 3. The molecule has 2 aromatic rings. The van der Waals surface area contributed by atoms with Crippen LogP contribution in [0.5, 0.6) is 5.75 Å². The van der Waals surface area contributed by atoms with Gasteiger partial charge in [-0.2, -0.15) is 5.10 Å². The third-order valence-corrected chi connectivity index (χ3v) is 2.90. The van der Waals surface area contributed by atoms with Crippen molar-refractivity contribution in [3.63, 3.8) is 0 Å². The van der Waals surface area contributed by atoms with Crippen molar-refractivity contribution in [2.75, 3.05) is 11.9 Å². The van der Waals surface area contributed by atoms with E-state index in [0.717, 1.165) is 5.69 Å². The SMILES string of the molecule is CCOc1ccc(NCc2ccn(C(C)C)n2)cc1F. The van der Waals surface area contributed by atoms with Crippen molar-refractivity contribution in [1.29, 1.82) is 0 Å². The maximum atomic E-state index is 13.7. The number of rotatable bonds is 6. The van der Waals surface area contributed by atoms with E-state index in [2.05, 4.69) is 24.3 Å². The predicted molar refractivity (Wildman–Crippen MR) is 77.5 cm³/mol. The molecule has 0 radical (unpaired) electrons. The summed E-state index contributed by atoms with van der Waals surface area (Å²) in [5.74, 6) is -0.0771. The van der Waals surface area contributed by atoms with Crippen molar-refractivity contribution in [2.45, 2.75) is 33.4 Å². The first-order valence-corrected chi connectivity index (χ1v) is 6.80. The molecule has 2 rings (SSSR count). The van der Waals surface area contributed by atoms with E-state index in [9.17, 15) is 4.39 Å². The van der Waals surface area contributed by atoms with Gasteiger partial charge in [-0.05, 0) is 39.0 Å². The maximum absolute atomic E-state index is 13.7. The molecule has 0 aliphatic rings. The van der Waals surface area contributed by atoms with Gasteiger partial charge in [0.15, 0.2) is 11.6 Å². The lowest BCUT2D eigenvalue weighted by Gasteiger charge is -2.08. The summed E-state index contributed by atoms with van der Waals surface area (Å²) >= 11 is 0. The molecule has 0 fully saturated rings. The fraction of sp³-hybridized carbons (Fsp3) is 0.400. The highest BCUT2D eigenvalue weighted by Crippen LogP contribution is 2.21. The monoisotopic (exact) mass is 277 g/mol. The molecule has 0 aliphatic heterocycles. The van der Waals surface area contributed by atoms with Crippen LogP contribution < -0.4 is 10.1 Å². The molecule has 0 saturated carbocycles. The summed E-state index contributed by atoms with van der Waals surface area (Å²) in [5.41, 5.74) is 1.64. The third kappa shape index (κ3) is 3.50. The highest BCUT2D eigenvalue weighted by Gasteiger charge is 2.05. The molecule has 1 heterocycles. The highest BCUT2D eigenvalue weighted by atomic mass is 19.1. The number of aromatic nitrogens is 2. The molecule has 0 bridgehead atoms. The summed E-state index contributed by atoms with van der Waals surface area (Å²) in [7, 11) is 0. The molecule has 20 heavy (non-hydrogen) atoms. The molecule has 0 saturated heterocycles. The van der Waals surface area contributed by atoms with Crippen LogP contribution in [-0.4, -0.2) is 16.4 Å². The number of benzene rings is 1. The molecule has 0 aliphatic carbocycles. The van der Waals surface area contributed by atoms with Gasteiger partial charge in [0.2, 0.25) is 0 Å². The fourth-order valence-corrected chi connectivity index (χ4v) is 1.84. The van der Waals surface area contributed by atoms with Crippen LogP contribution in [-0.2, 0) is 6.54 Å². The average molecular weight is 277 g/mol. The van der Waals surface area contributed by atoms with Gasteiger partial charge < -0.3 is 10.1 Å². The third-order valence-electron chi connectivity index (χ3n) is 2.90. The lowest BCUT2D eigenvalue weighted by atomic mass is 10.3.